The number of nitrogens with one attached hydrogen (secondary N) is 1. The molecule has 5 nitrogen and oxygen atoms in total. The molecule has 156 valence electrons. The third-order valence-corrected chi connectivity index (χ3v) is 6.04. The highest BCUT2D eigenvalue weighted by Gasteiger charge is 2.21. The van der Waals surface area contributed by atoms with Gasteiger partial charge >= 0.3 is 0 Å². The lowest BCUT2D eigenvalue weighted by Crippen LogP contribution is -2.24. The smallest absolute Gasteiger partial charge is 0.278 e. The van der Waals surface area contributed by atoms with Crippen molar-refractivity contribution in [2.45, 2.75) is 78.6 Å². The first-order valence-corrected chi connectivity index (χ1v) is 11.0. The summed E-state index contributed by atoms with van der Waals surface area (Å²) in [5.74, 6) is 0.0856. The highest BCUT2D eigenvalue weighted by molar-refractivity contribution is 5.97. The van der Waals surface area contributed by atoms with E-state index in [1.165, 1.54) is 29.5 Å². The number of anilines is 1. The zero-order chi connectivity index (χ0) is 20.8. The van der Waals surface area contributed by atoms with E-state index in [-0.39, 0.29) is 17.7 Å². The van der Waals surface area contributed by atoms with Crippen molar-refractivity contribution in [2.75, 3.05) is 5.32 Å². The van der Waals surface area contributed by atoms with Gasteiger partial charge in [-0.15, -0.1) is 0 Å². The Kier molecular flexibility index (Phi) is 7.24. The Balaban J connectivity index is 1.67. The van der Waals surface area contributed by atoms with Crippen LogP contribution in [0.15, 0.2) is 24.3 Å². The monoisotopic (exact) mass is 395 g/mol. The van der Waals surface area contributed by atoms with Gasteiger partial charge in [0.25, 0.3) is 5.91 Å². The number of benzene rings is 1. The topological polar surface area (TPSA) is 64.0 Å². The van der Waals surface area contributed by atoms with Gasteiger partial charge in [0.1, 0.15) is 0 Å². The Labute approximate surface area is 173 Å². The molecule has 0 bridgehead atoms. The van der Waals surface area contributed by atoms with Crippen LogP contribution in [0, 0.1) is 19.8 Å². The Morgan fingerprint density at radius 1 is 1.07 bits per heavy atom. The highest BCUT2D eigenvalue weighted by Crippen LogP contribution is 2.25. The van der Waals surface area contributed by atoms with Gasteiger partial charge in [-0.05, 0) is 69.4 Å². The molecule has 1 saturated carbocycles. The average molecular weight is 396 g/mol. The number of hydrogen-bond acceptors (Lipinski definition) is 3. The number of aryl methyl sites for hydroxylation is 1. The van der Waals surface area contributed by atoms with Gasteiger partial charge in [-0.1, -0.05) is 39.0 Å². The van der Waals surface area contributed by atoms with Crippen molar-refractivity contribution in [1.82, 2.24) is 9.78 Å². The van der Waals surface area contributed by atoms with Gasteiger partial charge < -0.3 is 5.32 Å². The second-order valence-electron chi connectivity index (χ2n) is 8.22. The minimum atomic E-state index is -0.127. The number of amides is 1. The molecule has 1 aromatic heterocycles. The molecule has 1 aromatic carbocycles. The highest BCUT2D eigenvalue weighted by atomic mass is 16.2. The minimum Gasteiger partial charge on any atom is -0.326 e. The number of carbonyl (C=O) groups excluding carboxylic acids is 2. The van der Waals surface area contributed by atoms with E-state index in [2.05, 4.69) is 17.3 Å². The summed E-state index contributed by atoms with van der Waals surface area (Å²) in [6, 6.07) is 7.15. The molecule has 0 aliphatic heterocycles. The molecule has 0 saturated heterocycles. The standard InChI is InChI=1S/C24H33N3O2/c1-4-5-7-12-22-17(2)26-27(18(22)3)24(29)20-13-15-21(16-14-20)25-23(28)19-10-8-6-9-11-19/h13-16,19H,4-12H2,1-3H3,(H,25,28). The van der Waals surface area contributed by atoms with Crippen LogP contribution in [0.5, 0.6) is 0 Å². The molecule has 3 rings (SSSR count). The molecule has 0 unspecified atom stereocenters. The first kappa shape index (κ1) is 21.3. The maximum atomic E-state index is 13.0. The number of aromatic nitrogens is 2. The number of rotatable bonds is 7. The van der Waals surface area contributed by atoms with Crippen LogP contribution in [0.3, 0.4) is 0 Å². The predicted octanol–water partition coefficient (Wildman–Crippen LogP) is 5.44. The fourth-order valence-electron chi connectivity index (χ4n) is 4.21. The Hall–Kier alpha value is -2.43. The largest absolute Gasteiger partial charge is 0.326 e. The molecule has 1 heterocycles. The van der Waals surface area contributed by atoms with Crippen LogP contribution >= 0.6 is 0 Å². The fraction of sp³-hybridized carbons (Fsp3) is 0.542. The van der Waals surface area contributed by atoms with E-state index in [0.717, 1.165) is 55.6 Å². The van der Waals surface area contributed by atoms with Crippen molar-refractivity contribution >= 4 is 17.5 Å². The zero-order valence-electron chi connectivity index (χ0n) is 18.0. The first-order valence-electron chi connectivity index (χ1n) is 11.0. The van der Waals surface area contributed by atoms with Gasteiger partial charge in [0.2, 0.25) is 5.91 Å². The van der Waals surface area contributed by atoms with Gasteiger partial charge in [0, 0.05) is 22.9 Å². The number of hydrogen-bond donors (Lipinski definition) is 1. The van der Waals surface area contributed by atoms with Gasteiger partial charge in [-0.3, -0.25) is 9.59 Å². The van der Waals surface area contributed by atoms with Crippen molar-refractivity contribution in [3.8, 4) is 0 Å². The lowest BCUT2D eigenvalue weighted by Gasteiger charge is -2.20. The SMILES string of the molecule is CCCCCc1c(C)nn(C(=O)c2ccc(NC(=O)C3CCCCC3)cc2)c1C. The summed E-state index contributed by atoms with van der Waals surface area (Å²) in [5, 5.41) is 7.49. The number of nitrogens with zero attached hydrogens (tertiary/aromatic N) is 2. The van der Waals surface area contributed by atoms with Crippen LogP contribution in [0.2, 0.25) is 0 Å². The molecule has 29 heavy (non-hydrogen) atoms. The summed E-state index contributed by atoms with van der Waals surface area (Å²) in [5.41, 5.74) is 4.36. The van der Waals surface area contributed by atoms with Crippen molar-refractivity contribution in [2.24, 2.45) is 5.92 Å². The van der Waals surface area contributed by atoms with Crippen LogP contribution in [0.4, 0.5) is 5.69 Å². The molecule has 0 atom stereocenters. The fourth-order valence-corrected chi connectivity index (χ4v) is 4.21. The van der Waals surface area contributed by atoms with Gasteiger partial charge in [-0.2, -0.15) is 5.10 Å². The van der Waals surface area contributed by atoms with Crippen molar-refractivity contribution in [3.05, 3.63) is 46.8 Å². The van der Waals surface area contributed by atoms with E-state index in [0.29, 0.717) is 5.56 Å². The molecule has 1 aliphatic carbocycles. The molecule has 1 amide bonds. The van der Waals surface area contributed by atoms with Crippen LogP contribution in [0.25, 0.3) is 0 Å². The maximum Gasteiger partial charge on any atom is 0.278 e. The predicted molar refractivity (Wildman–Crippen MR) is 116 cm³/mol. The molecule has 5 heteroatoms. The summed E-state index contributed by atoms with van der Waals surface area (Å²) >= 11 is 0. The van der Waals surface area contributed by atoms with E-state index in [4.69, 9.17) is 0 Å². The summed E-state index contributed by atoms with van der Waals surface area (Å²) in [4.78, 5) is 25.4. The van der Waals surface area contributed by atoms with E-state index in [1.54, 1.807) is 12.1 Å². The second-order valence-corrected chi connectivity index (χ2v) is 8.22. The van der Waals surface area contributed by atoms with E-state index in [9.17, 15) is 9.59 Å². The number of unbranched alkanes of at least 4 members (excludes halogenated alkanes) is 2. The minimum absolute atomic E-state index is 0.0963. The van der Waals surface area contributed by atoms with E-state index in [1.807, 2.05) is 26.0 Å². The Morgan fingerprint density at radius 3 is 2.41 bits per heavy atom. The Bertz CT molecular complexity index is 846. The van der Waals surface area contributed by atoms with Crippen molar-refractivity contribution in [3.63, 3.8) is 0 Å². The van der Waals surface area contributed by atoms with Crippen molar-refractivity contribution < 1.29 is 9.59 Å². The summed E-state index contributed by atoms with van der Waals surface area (Å²) in [7, 11) is 0. The first-order chi connectivity index (χ1) is 14.0. The van der Waals surface area contributed by atoms with Crippen LogP contribution in [-0.2, 0) is 11.2 Å². The van der Waals surface area contributed by atoms with Crippen LogP contribution in [-0.4, -0.2) is 21.6 Å². The van der Waals surface area contributed by atoms with E-state index >= 15 is 0 Å². The third-order valence-electron chi connectivity index (χ3n) is 6.04. The summed E-state index contributed by atoms with van der Waals surface area (Å²) < 4.78 is 1.52. The molecular formula is C24H33N3O2. The maximum absolute atomic E-state index is 13.0. The quantitative estimate of drug-likeness (QED) is 0.635. The Morgan fingerprint density at radius 2 is 1.76 bits per heavy atom. The molecule has 0 radical (unpaired) electrons. The number of carbonyl (C=O) groups is 2. The van der Waals surface area contributed by atoms with Crippen LogP contribution in [0.1, 0.15) is 85.6 Å². The molecule has 1 N–H and O–H groups in total. The zero-order valence-corrected chi connectivity index (χ0v) is 18.0. The third kappa shape index (κ3) is 5.14. The van der Waals surface area contributed by atoms with Gasteiger partial charge in [0.15, 0.2) is 0 Å². The van der Waals surface area contributed by atoms with Crippen LogP contribution < -0.4 is 5.32 Å². The van der Waals surface area contributed by atoms with E-state index < -0.39 is 0 Å². The molecule has 0 spiro atoms. The summed E-state index contributed by atoms with van der Waals surface area (Å²) in [6.07, 6.45) is 9.89. The van der Waals surface area contributed by atoms with Gasteiger partial charge in [0.05, 0.1) is 5.69 Å². The molecule has 1 aliphatic rings. The molecule has 2 aromatic rings. The lowest BCUT2D eigenvalue weighted by atomic mass is 9.88. The molecule has 1 fully saturated rings. The lowest BCUT2D eigenvalue weighted by molar-refractivity contribution is -0.120. The second kappa shape index (κ2) is 9.86. The average Bonchev–Trinajstić information content (AvgIpc) is 3.03. The molecular weight excluding hydrogens is 362 g/mol. The van der Waals surface area contributed by atoms with Gasteiger partial charge in [-0.25, -0.2) is 4.68 Å². The van der Waals surface area contributed by atoms with Crippen molar-refractivity contribution in [1.29, 1.82) is 0 Å². The summed E-state index contributed by atoms with van der Waals surface area (Å²) in [6.45, 7) is 6.13. The normalized spacial score (nSPS) is 14.7.